The molecule has 0 aromatic heterocycles. The zero-order chi connectivity index (χ0) is 14.6. The molecule has 0 saturated carbocycles. The van der Waals surface area contributed by atoms with Crippen LogP contribution in [0.1, 0.15) is 22.8 Å². The molecule has 2 N–H and O–H groups in total. The summed E-state index contributed by atoms with van der Waals surface area (Å²) >= 11 is 0. The highest BCUT2D eigenvalue weighted by atomic mass is 19.4. The third kappa shape index (κ3) is 3.87. The van der Waals surface area contributed by atoms with Crippen LogP contribution in [0, 0.1) is 0 Å². The number of anilines is 1. The molecule has 104 valence electrons. The lowest BCUT2D eigenvalue weighted by molar-refractivity contribution is -0.137. The third-order valence-corrected chi connectivity index (χ3v) is 2.09. The molecule has 1 amide bonds. The highest BCUT2D eigenvalue weighted by molar-refractivity contribution is 5.98. The molecular formula is C11H10F3NO4. The zero-order valence-electron chi connectivity index (χ0n) is 9.75. The number of benzene rings is 1. The van der Waals surface area contributed by atoms with E-state index in [4.69, 9.17) is 5.11 Å². The van der Waals surface area contributed by atoms with E-state index in [1.807, 2.05) is 5.32 Å². The van der Waals surface area contributed by atoms with Crippen molar-refractivity contribution in [3.05, 3.63) is 29.3 Å². The first-order chi connectivity index (χ1) is 8.75. The molecule has 0 radical (unpaired) electrons. The molecule has 5 nitrogen and oxygen atoms in total. The molecule has 0 spiro atoms. The minimum absolute atomic E-state index is 0.00714. The number of rotatable bonds is 3. The maximum Gasteiger partial charge on any atom is 0.416 e. The second kappa shape index (κ2) is 5.59. The molecule has 8 heteroatoms. The van der Waals surface area contributed by atoms with Crippen LogP contribution in [-0.4, -0.2) is 23.8 Å². The second-order valence-corrected chi connectivity index (χ2v) is 3.41. The van der Waals surface area contributed by atoms with E-state index in [1.54, 1.807) is 0 Å². The summed E-state index contributed by atoms with van der Waals surface area (Å²) in [6, 6.07) is 1.94. The summed E-state index contributed by atoms with van der Waals surface area (Å²) in [6.07, 6.45) is -5.66. The Hall–Kier alpha value is -2.25. The second-order valence-electron chi connectivity index (χ2n) is 3.41. The maximum atomic E-state index is 12.5. The van der Waals surface area contributed by atoms with Gasteiger partial charge in [0.2, 0.25) is 0 Å². The van der Waals surface area contributed by atoms with E-state index in [0.717, 1.165) is 6.07 Å². The smallest absolute Gasteiger partial charge is 0.416 e. The monoisotopic (exact) mass is 277 g/mol. The van der Waals surface area contributed by atoms with Gasteiger partial charge in [-0.15, -0.1) is 0 Å². The number of alkyl halides is 3. The molecular weight excluding hydrogens is 267 g/mol. The van der Waals surface area contributed by atoms with E-state index in [1.165, 1.54) is 6.92 Å². The summed E-state index contributed by atoms with van der Waals surface area (Å²) in [5.74, 6) is -1.46. The maximum absolute atomic E-state index is 12.5. The van der Waals surface area contributed by atoms with Crippen LogP contribution in [0.5, 0.6) is 0 Å². The predicted octanol–water partition coefficient (Wildman–Crippen LogP) is 2.97. The summed E-state index contributed by atoms with van der Waals surface area (Å²) in [6.45, 7) is 1.51. The van der Waals surface area contributed by atoms with E-state index >= 15 is 0 Å². The lowest BCUT2D eigenvalue weighted by Gasteiger charge is -2.12. The highest BCUT2D eigenvalue weighted by Gasteiger charge is 2.31. The predicted molar refractivity (Wildman–Crippen MR) is 59.0 cm³/mol. The number of aromatic carboxylic acids is 1. The van der Waals surface area contributed by atoms with E-state index in [9.17, 15) is 22.8 Å². The quantitative estimate of drug-likeness (QED) is 0.890. The summed E-state index contributed by atoms with van der Waals surface area (Å²) in [7, 11) is 0. The van der Waals surface area contributed by atoms with Crippen molar-refractivity contribution in [3.63, 3.8) is 0 Å². The van der Waals surface area contributed by atoms with Crippen LogP contribution >= 0.6 is 0 Å². The molecule has 0 aliphatic carbocycles. The van der Waals surface area contributed by atoms with Crippen LogP contribution in [0.4, 0.5) is 23.7 Å². The average Bonchev–Trinajstić information content (AvgIpc) is 2.27. The van der Waals surface area contributed by atoms with Crippen molar-refractivity contribution < 1.29 is 32.6 Å². The number of hydrogen-bond acceptors (Lipinski definition) is 3. The number of carbonyl (C=O) groups is 2. The van der Waals surface area contributed by atoms with Crippen LogP contribution < -0.4 is 5.32 Å². The molecule has 0 atom stereocenters. The number of nitrogens with one attached hydrogen (secondary N) is 1. The van der Waals surface area contributed by atoms with E-state index < -0.39 is 35.1 Å². The lowest BCUT2D eigenvalue weighted by Crippen LogP contribution is -2.17. The van der Waals surface area contributed by atoms with Crippen molar-refractivity contribution in [2.45, 2.75) is 13.1 Å². The normalized spacial score (nSPS) is 10.9. The van der Waals surface area contributed by atoms with Gasteiger partial charge in [-0.2, -0.15) is 13.2 Å². The Morgan fingerprint density at radius 1 is 1.37 bits per heavy atom. The molecule has 1 aromatic carbocycles. The largest absolute Gasteiger partial charge is 0.478 e. The lowest BCUT2D eigenvalue weighted by atomic mass is 10.1. The Kier molecular flexibility index (Phi) is 4.36. The molecule has 1 rings (SSSR count). The van der Waals surface area contributed by atoms with Crippen molar-refractivity contribution in [3.8, 4) is 0 Å². The fourth-order valence-electron chi connectivity index (χ4n) is 1.29. The number of ether oxygens (including phenoxy) is 1. The van der Waals surface area contributed by atoms with Gasteiger partial charge in [0.1, 0.15) is 0 Å². The van der Waals surface area contributed by atoms with Crippen molar-refractivity contribution in [1.82, 2.24) is 0 Å². The van der Waals surface area contributed by atoms with Gasteiger partial charge in [0.05, 0.1) is 23.4 Å². The van der Waals surface area contributed by atoms with Crippen LogP contribution in [0.2, 0.25) is 0 Å². The van der Waals surface area contributed by atoms with E-state index in [0.29, 0.717) is 12.1 Å². The van der Waals surface area contributed by atoms with Crippen molar-refractivity contribution in [1.29, 1.82) is 0 Å². The summed E-state index contributed by atoms with van der Waals surface area (Å²) in [5, 5.41) is 10.8. The molecule has 1 aromatic rings. The molecule has 0 unspecified atom stereocenters. The Bertz CT molecular complexity index is 499. The van der Waals surface area contributed by atoms with Gasteiger partial charge in [-0.1, -0.05) is 0 Å². The third-order valence-electron chi connectivity index (χ3n) is 2.09. The number of halogens is 3. The van der Waals surface area contributed by atoms with Gasteiger partial charge < -0.3 is 9.84 Å². The average molecular weight is 277 g/mol. The Labute approximate surface area is 106 Å². The van der Waals surface area contributed by atoms with Gasteiger partial charge in [0, 0.05) is 0 Å². The molecule has 0 heterocycles. The van der Waals surface area contributed by atoms with Gasteiger partial charge in [0.15, 0.2) is 0 Å². The Morgan fingerprint density at radius 3 is 2.47 bits per heavy atom. The van der Waals surface area contributed by atoms with Gasteiger partial charge in [-0.05, 0) is 25.1 Å². The van der Waals surface area contributed by atoms with E-state index in [-0.39, 0.29) is 6.61 Å². The van der Waals surface area contributed by atoms with Crippen LogP contribution in [0.15, 0.2) is 18.2 Å². The number of amides is 1. The Balaban J connectivity index is 3.16. The molecule has 0 aliphatic heterocycles. The number of hydrogen-bond donors (Lipinski definition) is 2. The fourth-order valence-corrected chi connectivity index (χ4v) is 1.29. The summed E-state index contributed by atoms with van der Waals surface area (Å²) in [5.41, 5.74) is -1.99. The first kappa shape index (κ1) is 14.8. The van der Waals surface area contributed by atoms with Crippen LogP contribution in [0.3, 0.4) is 0 Å². The number of carbonyl (C=O) groups excluding carboxylic acids is 1. The van der Waals surface area contributed by atoms with Crippen LogP contribution in [-0.2, 0) is 10.9 Å². The summed E-state index contributed by atoms with van der Waals surface area (Å²) in [4.78, 5) is 22.0. The van der Waals surface area contributed by atoms with Crippen molar-refractivity contribution >= 4 is 17.7 Å². The topological polar surface area (TPSA) is 75.6 Å². The van der Waals surface area contributed by atoms with Crippen molar-refractivity contribution in [2.24, 2.45) is 0 Å². The molecule has 0 saturated heterocycles. The number of carboxylic acids is 1. The number of carboxylic acid groups (broad SMARTS) is 1. The molecule has 0 bridgehead atoms. The molecule has 0 fully saturated rings. The summed E-state index contributed by atoms with van der Waals surface area (Å²) < 4.78 is 42.0. The molecule has 19 heavy (non-hydrogen) atoms. The van der Waals surface area contributed by atoms with Gasteiger partial charge >= 0.3 is 18.2 Å². The standard InChI is InChI=1S/C11H10F3NO4/c1-2-19-10(18)15-8-5-6(11(12,13)14)3-4-7(8)9(16)17/h3-5H,2H2,1H3,(H,15,18)(H,16,17). The highest BCUT2D eigenvalue weighted by Crippen LogP contribution is 2.32. The minimum atomic E-state index is -4.64. The van der Waals surface area contributed by atoms with E-state index in [2.05, 4.69) is 4.74 Å². The minimum Gasteiger partial charge on any atom is -0.478 e. The SMILES string of the molecule is CCOC(=O)Nc1cc(C(F)(F)F)ccc1C(=O)O. The first-order valence-electron chi connectivity index (χ1n) is 5.14. The molecule has 0 aliphatic rings. The zero-order valence-corrected chi connectivity index (χ0v) is 9.75. The van der Waals surface area contributed by atoms with Gasteiger partial charge in [-0.3, -0.25) is 5.32 Å². The van der Waals surface area contributed by atoms with Crippen molar-refractivity contribution in [2.75, 3.05) is 11.9 Å². The van der Waals surface area contributed by atoms with Crippen LogP contribution in [0.25, 0.3) is 0 Å². The van der Waals surface area contributed by atoms with Gasteiger partial charge in [-0.25, -0.2) is 9.59 Å². The van der Waals surface area contributed by atoms with Gasteiger partial charge in [0.25, 0.3) is 0 Å². The first-order valence-corrected chi connectivity index (χ1v) is 5.14. The Morgan fingerprint density at radius 2 is 2.00 bits per heavy atom. The fraction of sp³-hybridized carbons (Fsp3) is 0.273.